The molecule has 0 heterocycles. The molecule has 1 unspecified atom stereocenters. The topological polar surface area (TPSA) is 26.3 Å². The maximum Gasteiger partial charge on any atom is 0.122 e. The van der Waals surface area contributed by atoms with Crippen LogP contribution in [0, 0.1) is 6.92 Å². The van der Waals surface area contributed by atoms with E-state index in [0.29, 0.717) is 6.42 Å². The smallest absolute Gasteiger partial charge is 0.122 e. The zero-order valence-corrected chi connectivity index (χ0v) is 8.91. The second-order valence-electron chi connectivity index (χ2n) is 3.49. The molecule has 1 aromatic rings. The van der Waals surface area contributed by atoms with Crippen LogP contribution in [0.15, 0.2) is 18.2 Å². The number of methoxy groups -OCH3 is 1. The number of benzene rings is 1. The average molecular weight is 192 g/mol. The molecule has 76 valence electrons. The van der Waals surface area contributed by atoms with E-state index in [1.165, 1.54) is 5.56 Å². The van der Waals surface area contributed by atoms with Crippen molar-refractivity contribution in [1.29, 1.82) is 0 Å². The predicted octanol–water partition coefficient (Wildman–Crippen LogP) is 2.70. The van der Waals surface area contributed by atoms with Crippen LogP contribution in [0.3, 0.4) is 0 Å². The molecule has 1 rings (SSSR count). The summed E-state index contributed by atoms with van der Waals surface area (Å²) in [6, 6.07) is 5.94. The first-order valence-corrected chi connectivity index (χ1v) is 4.77. The zero-order chi connectivity index (χ0) is 10.6. The van der Waals surface area contributed by atoms with Crippen LogP contribution in [0.2, 0.25) is 0 Å². The van der Waals surface area contributed by atoms with Crippen molar-refractivity contribution in [3.63, 3.8) is 0 Å². The fourth-order valence-electron chi connectivity index (χ4n) is 1.73. The molecule has 2 nitrogen and oxygen atoms in total. The van der Waals surface area contributed by atoms with Gasteiger partial charge in [-0.2, -0.15) is 0 Å². The highest BCUT2D eigenvalue weighted by Gasteiger charge is 2.12. The van der Waals surface area contributed by atoms with Crippen LogP contribution >= 0.6 is 0 Å². The molecule has 0 N–H and O–H groups in total. The number of carbonyl (C=O) groups is 1. The highest BCUT2D eigenvalue weighted by molar-refractivity contribution is 5.53. The van der Waals surface area contributed by atoms with E-state index in [9.17, 15) is 4.79 Å². The maximum atomic E-state index is 10.5. The molecule has 0 radical (unpaired) electrons. The molecule has 0 amide bonds. The normalized spacial score (nSPS) is 12.2. The highest BCUT2D eigenvalue weighted by Crippen LogP contribution is 2.30. The Bertz CT molecular complexity index is 318. The summed E-state index contributed by atoms with van der Waals surface area (Å²) in [5.41, 5.74) is 2.32. The van der Waals surface area contributed by atoms with Gasteiger partial charge in [0.2, 0.25) is 0 Å². The third kappa shape index (κ3) is 2.13. The molecule has 0 aliphatic heterocycles. The van der Waals surface area contributed by atoms with Crippen LogP contribution in [-0.4, -0.2) is 13.4 Å². The van der Waals surface area contributed by atoms with Gasteiger partial charge in [-0.05, 0) is 24.5 Å². The molecule has 0 aliphatic carbocycles. The van der Waals surface area contributed by atoms with Crippen molar-refractivity contribution in [2.75, 3.05) is 7.11 Å². The van der Waals surface area contributed by atoms with Crippen LogP contribution in [0.1, 0.15) is 30.4 Å². The maximum absolute atomic E-state index is 10.5. The van der Waals surface area contributed by atoms with Gasteiger partial charge in [-0.25, -0.2) is 0 Å². The molecule has 0 aliphatic rings. The lowest BCUT2D eigenvalue weighted by Gasteiger charge is -2.15. The lowest BCUT2D eigenvalue weighted by Crippen LogP contribution is -2.01. The molecule has 0 saturated carbocycles. The first-order chi connectivity index (χ1) is 6.70. The standard InChI is InChI=1S/C12H16O2/c1-9-5-4-6-11(14-3)12(9)10(2)7-8-13/h4-6,8,10H,7H2,1-3H3. The van der Waals surface area contributed by atoms with Gasteiger partial charge < -0.3 is 9.53 Å². The molecule has 0 fully saturated rings. The van der Waals surface area contributed by atoms with Crippen molar-refractivity contribution in [3.05, 3.63) is 29.3 Å². The van der Waals surface area contributed by atoms with Gasteiger partial charge in [0.1, 0.15) is 12.0 Å². The fourth-order valence-corrected chi connectivity index (χ4v) is 1.73. The SMILES string of the molecule is COc1cccc(C)c1C(C)CC=O. The summed E-state index contributed by atoms with van der Waals surface area (Å²) in [5.74, 6) is 1.10. The second kappa shape index (κ2) is 4.80. The Morgan fingerprint density at radius 2 is 2.21 bits per heavy atom. The first-order valence-electron chi connectivity index (χ1n) is 4.77. The lowest BCUT2D eigenvalue weighted by atomic mass is 9.93. The largest absolute Gasteiger partial charge is 0.496 e. The van der Waals surface area contributed by atoms with E-state index < -0.39 is 0 Å². The molecular formula is C12H16O2. The van der Waals surface area contributed by atoms with Crippen molar-refractivity contribution in [2.45, 2.75) is 26.2 Å². The molecule has 0 aromatic heterocycles. The van der Waals surface area contributed by atoms with Crippen LogP contribution in [0.4, 0.5) is 0 Å². The Kier molecular flexibility index (Phi) is 3.69. The summed E-state index contributed by atoms with van der Waals surface area (Å²) in [5, 5.41) is 0. The zero-order valence-electron chi connectivity index (χ0n) is 8.91. The predicted molar refractivity (Wildman–Crippen MR) is 56.8 cm³/mol. The average Bonchev–Trinajstić information content (AvgIpc) is 2.17. The Labute approximate surface area is 84.9 Å². The molecule has 14 heavy (non-hydrogen) atoms. The van der Waals surface area contributed by atoms with Gasteiger partial charge in [0.25, 0.3) is 0 Å². The van der Waals surface area contributed by atoms with Crippen LogP contribution < -0.4 is 4.74 Å². The Hall–Kier alpha value is -1.31. The minimum Gasteiger partial charge on any atom is -0.496 e. The van der Waals surface area contributed by atoms with Crippen molar-refractivity contribution >= 4 is 6.29 Å². The van der Waals surface area contributed by atoms with Crippen molar-refractivity contribution < 1.29 is 9.53 Å². The van der Waals surface area contributed by atoms with E-state index in [1.807, 2.05) is 32.0 Å². The van der Waals surface area contributed by atoms with Gasteiger partial charge in [0.05, 0.1) is 7.11 Å². The van der Waals surface area contributed by atoms with Crippen LogP contribution in [-0.2, 0) is 4.79 Å². The molecule has 0 bridgehead atoms. The van der Waals surface area contributed by atoms with E-state index >= 15 is 0 Å². The lowest BCUT2D eigenvalue weighted by molar-refractivity contribution is -0.108. The molecule has 2 heteroatoms. The second-order valence-corrected chi connectivity index (χ2v) is 3.49. The van der Waals surface area contributed by atoms with E-state index in [2.05, 4.69) is 0 Å². The van der Waals surface area contributed by atoms with E-state index in [1.54, 1.807) is 7.11 Å². The van der Waals surface area contributed by atoms with Crippen LogP contribution in [0.5, 0.6) is 5.75 Å². The summed E-state index contributed by atoms with van der Waals surface area (Å²) in [6.45, 7) is 4.08. The van der Waals surface area contributed by atoms with Gasteiger partial charge in [0, 0.05) is 12.0 Å². The summed E-state index contributed by atoms with van der Waals surface area (Å²) in [7, 11) is 1.66. The molecular weight excluding hydrogens is 176 g/mol. The summed E-state index contributed by atoms with van der Waals surface area (Å²) in [4.78, 5) is 10.5. The number of hydrogen-bond acceptors (Lipinski definition) is 2. The van der Waals surface area contributed by atoms with Crippen molar-refractivity contribution in [3.8, 4) is 5.75 Å². The Morgan fingerprint density at radius 1 is 1.50 bits per heavy atom. The van der Waals surface area contributed by atoms with E-state index in [0.717, 1.165) is 17.6 Å². The van der Waals surface area contributed by atoms with E-state index in [4.69, 9.17) is 4.74 Å². The minimum atomic E-state index is 0.226. The minimum absolute atomic E-state index is 0.226. The number of rotatable bonds is 4. The van der Waals surface area contributed by atoms with Crippen LogP contribution in [0.25, 0.3) is 0 Å². The number of aldehydes is 1. The monoisotopic (exact) mass is 192 g/mol. The van der Waals surface area contributed by atoms with Crippen molar-refractivity contribution in [1.82, 2.24) is 0 Å². The fraction of sp³-hybridized carbons (Fsp3) is 0.417. The van der Waals surface area contributed by atoms with Gasteiger partial charge in [-0.15, -0.1) is 0 Å². The first kappa shape index (κ1) is 10.8. The van der Waals surface area contributed by atoms with Gasteiger partial charge in [-0.1, -0.05) is 19.1 Å². The molecule has 1 aromatic carbocycles. The number of carbonyl (C=O) groups excluding carboxylic acids is 1. The number of aryl methyl sites for hydroxylation is 1. The summed E-state index contributed by atoms with van der Waals surface area (Å²) in [6.07, 6.45) is 1.50. The summed E-state index contributed by atoms with van der Waals surface area (Å²) >= 11 is 0. The van der Waals surface area contributed by atoms with Gasteiger partial charge in [0.15, 0.2) is 0 Å². The molecule has 0 saturated heterocycles. The van der Waals surface area contributed by atoms with Crippen molar-refractivity contribution in [2.24, 2.45) is 0 Å². The van der Waals surface area contributed by atoms with Gasteiger partial charge in [-0.3, -0.25) is 0 Å². The number of hydrogen-bond donors (Lipinski definition) is 0. The Morgan fingerprint density at radius 3 is 2.79 bits per heavy atom. The number of ether oxygens (including phenoxy) is 1. The quantitative estimate of drug-likeness (QED) is 0.685. The molecule has 0 spiro atoms. The molecule has 1 atom stereocenters. The Balaban J connectivity index is 3.09. The summed E-state index contributed by atoms with van der Waals surface area (Å²) < 4.78 is 5.28. The third-order valence-corrected chi connectivity index (χ3v) is 2.45. The van der Waals surface area contributed by atoms with Gasteiger partial charge >= 0.3 is 0 Å². The van der Waals surface area contributed by atoms with E-state index in [-0.39, 0.29) is 5.92 Å². The highest BCUT2D eigenvalue weighted by atomic mass is 16.5. The third-order valence-electron chi connectivity index (χ3n) is 2.45.